The van der Waals surface area contributed by atoms with Gasteiger partial charge in [-0.2, -0.15) is 0 Å². The normalized spacial score (nSPS) is 23.2. The summed E-state index contributed by atoms with van der Waals surface area (Å²) >= 11 is 0. The van der Waals surface area contributed by atoms with Gasteiger partial charge in [0.05, 0.1) is 19.3 Å². The van der Waals surface area contributed by atoms with Crippen molar-refractivity contribution in [2.24, 2.45) is 4.99 Å². The van der Waals surface area contributed by atoms with Crippen LogP contribution in [0.25, 0.3) is 0 Å². The van der Waals surface area contributed by atoms with Crippen molar-refractivity contribution in [3.05, 3.63) is 35.6 Å². The van der Waals surface area contributed by atoms with Crippen molar-refractivity contribution in [1.82, 2.24) is 15.5 Å². The van der Waals surface area contributed by atoms with E-state index in [1.165, 1.54) is 31.5 Å². The largest absolute Gasteiger partial charge is 0.373 e. The maximum absolute atomic E-state index is 12.9. The van der Waals surface area contributed by atoms with Crippen LogP contribution >= 0.6 is 24.0 Å². The maximum atomic E-state index is 12.9. The lowest BCUT2D eigenvalue weighted by atomic mass is 10.1. The van der Waals surface area contributed by atoms with Crippen molar-refractivity contribution in [2.45, 2.75) is 38.3 Å². The zero-order valence-electron chi connectivity index (χ0n) is 15.4. The van der Waals surface area contributed by atoms with Crippen LogP contribution in [0.1, 0.15) is 25.3 Å². The van der Waals surface area contributed by atoms with Gasteiger partial charge >= 0.3 is 0 Å². The molecule has 7 heteroatoms. The lowest BCUT2D eigenvalue weighted by Gasteiger charge is -2.34. The Morgan fingerprint density at radius 3 is 2.88 bits per heavy atom. The van der Waals surface area contributed by atoms with Crippen LogP contribution in [0.2, 0.25) is 0 Å². The summed E-state index contributed by atoms with van der Waals surface area (Å²) in [5.74, 6) is 0.621. The molecule has 0 aromatic heterocycles. The number of ether oxygens (including phenoxy) is 1. The third-order valence-corrected chi connectivity index (χ3v) is 4.88. The Kier molecular flexibility index (Phi) is 9.07. The van der Waals surface area contributed by atoms with E-state index in [0.717, 1.165) is 44.2 Å². The van der Waals surface area contributed by atoms with Gasteiger partial charge in [-0.05, 0) is 50.4 Å². The van der Waals surface area contributed by atoms with Crippen LogP contribution in [0.5, 0.6) is 0 Å². The van der Waals surface area contributed by atoms with Crippen LogP contribution in [0.4, 0.5) is 4.39 Å². The number of nitrogens with one attached hydrogen (secondary N) is 2. The van der Waals surface area contributed by atoms with E-state index in [9.17, 15) is 4.39 Å². The average molecular weight is 476 g/mol. The zero-order valence-corrected chi connectivity index (χ0v) is 17.7. The number of nitrogens with zero attached hydrogens (tertiary/aromatic N) is 2. The summed E-state index contributed by atoms with van der Waals surface area (Å²) in [6, 6.07) is 7.27. The van der Waals surface area contributed by atoms with E-state index >= 15 is 0 Å². The minimum atomic E-state index is -0.195. The zero-order chi connectivity index (χ0) is 17.5. The lowest BCUT2D eigenvalue weighted by Crippen LogP contribution is -2.47. The molecule has 26 heavy (non-hydrogen) atoms. The summed E-state index contributed by atoms with van der Waals surface area (Å²) in [5, 5.41) is 6.62. The fourth-order valence-electron chi connectivity index (χ4n) is 3.51. The Balaban J connectivity index is 0.00000243. The summed E-state index contributed by atoms with van der Waals surface area (Å²) < 4.78 is 18.9. The molecule has 2 saturated heterocycles. The second-order valence-electron chi connectivity index (χ2n) is 6.77. The molecule has 0 aliphatic carbocycles. The Morgan fingerprint density at radius 2 is 2.12 bits per heavy atom. The highest BCUT2D eigenvalue weighted by atomic mass is 127. The van der Waals surface area contributed by atoms with Crippen LogP contribution in [0, 0.1) is 5.82 Å². The molecule has 2 heterocycles. The minimum Gasteiger partial charge on any atom is -0.373 e. The van der Waals surface area contributed by atoms with Crippen LogP contribution in [-0.2, 0) is 11.2 Å². The Hall–Kier alpha value is -0.930. The van der Waals surface area contributed by atoms with Crippen molar-refractivity contribution < 1.29 is 9.13 Å². The van der Waals surface area contributed by atoms with Gasteiger partial charge in [0.25, 0.3) is 0 Å². The first-order chi connectivity index (χ1) is 12.2. The smallest absolute Gasteiger partial charge is 0.191 e. The summed E-state index contributed by atoms with van der Waals surface area (Å²) in [7, 11) is 0. The molecule has 2 aliphatic rings. The number of hydrogen-bond donors (Lipinski definition) is 2. The first-order valence-corrected chi connectivity index (χ1v) is 9.37. The number of hydrogen-bond acceptors (Lipinski definition) is 3. The van der Waals surface area contributed by atoms with Gasteiger partial charge in [-0.1, -0.05) is 12.1 Å². The van der Waals surface area contributed by atoms with Gasteiger partial charge in [0.15, 0.2) is 5.96 Å². The molecule has 0 saturated carbocycles. The van der Waals surface area contributed by atoms with Crippen molar-refractivity contribution in [3.63, 3.8) is 0 Å². The standard InChI is InChI=1S/C19H29FN4O.HI/c1-2-21-19(22-10-9-15-5-7-16(20)8-6-15)23-12-18-13-24-11-3-4-17(24)14-25-18;/h5-8,17-18H,2-4,9-14H2,1H3,(H2,21,22,23);1H. The Morgan fingerprint density at radius 1 is 1.31 bits per heavy atom. The third-order valence-electron chi connectivity index (χ3n) is 4.88. The predicted molar refractivity (Wildman–Crippen MR) is 114 cm³/mol. The van der Waals surface area contributed by atoms with Gasteiger partial charge in [-0.3, -0.25) is 9.89 Å². The molecule has 0 amide bonds. The van der Waals surface area contributed by atoms with Crippen molar-refractivity contribution in [1.29, 1.82) is 0 Å². The van der Waals surface area contributed by atoms with E-state index in [1.54, 1.807) is 0 Å². The van der Waals surface area contributed by atoms with E-state index in [2.05, 4.69) is 27.4 Å². The van der Waals surface area contributed by atoms with Crippen LogP contribution in [0.15, 0.2) is 29.3 Å². The SMILES string of the molecule is CCNC(=NCC1CN2CCCC2CO1)NCCc1ccc(F)cc1.I. The van der Waals surface area contributed by atoms with Crippen molar-refractivity contribution in [2.75, 3.05) is 39.3 Å². The molecule has 2 aliphatic heterocycles. The number of benzene rings is 1. The molecule has 3 rings (SSSR count). The maximum Gasteiger partial charge on any atom is 0.191 e. The van der Waals surface area contributed by atoms with Gasteiger partial charge in [0.2, 0.25) is 0 Å². The van der Waals surface area contributed by atoms with E-state index in [-0.39, 0.29) is 35.9 Å². The lowest BCUT2D eigenvalue weighted by molar-refractivity contribution is -0.0432. The number of fused-ring (bicyclic) bond motifs is 1. The molecular weight excluding hydrogens is 446 g/mol. The Labute approximate surface area is 172 Å². The van der Waals surface area contributed by atoms with Crippen LogP contribution < -0.4 is 10.6 Å². The predicted octanol–water partition coefficient (Wildman–Crippen LogP) is 2.40. The quantitative estimate of drug-likeness (QED) is 0.376. The molecule has 2 unspecified atom stereocenters. The summed E-state index contributed by atoms with van der Waals surface area (Å²) in [4.78, 5) is 7.22. The van der Waals surface area contributed by atoms with Gasteiger partial charge in [0.1, 0.15) is 5.82 Å². The Bertz CT molecular complexity index is 569. The second-order valence-corrected chi connectivity index (χ2v) is 6.77. The minimum absolute atomic E-state index is 0. The molecule has 2 atom stereocenters. The van der Waals surface area contributed by atoms with E-state index in [1.807, 2.05) is 12.1 Å². The van der Waals surface area contributed by atoms with E-state index < -0.39 is 0 Å². The molecule has 1 aromatic rings. The number of guanidine groups is 1. The molecule has 0 radical (unpaired) electrons. The van der Waals surface area contributed by atoms with Crippen molar-refractivity contribution >= 4 is 29.9 Å². The molecule has 146 valence electrons. The highest BCUT2D eigenvalue weighted by Crippen LogP contribution is 2.22. The monoisotopic (exact) mass is 476 g/mol. The first-order valence-electron chi connectivity index (χ1n) is 9.37. The summed E-state index contributed by atoms with van der Waals surface area (Å²) in [5.41, 5.74) is 1.11. The summed E-state index contributed by atoms with van der Waals surface area (Å²) in [6.07, 6.45) is 3.57. The molecule has 2 N–H and O–H groups in total. The number of morpholine rings is 1. The highest BCUT2D eigenvalue weighted by Gasteiger charge is 2.31. The van der Waals surface area contributed by atoms with Crippen LogP contribution in [-0.4, -0.2) is 62.3 Å². The second kappa shape index (κ2) is 11.0. The topological polar surface area (TPSA) is 48.9 Å². The fourth-order valence-corrected chi connectivity index (χ4v) is 3.51. The van der Waals surface area contributed by atoms with Crippen LogP contribution in [0.3, 0.4) is 0 Å². The molecule has 0 bridgehead atoms. The summed E-state index contributed by atoms with van der Waals surface area (Å²) in [6.45, 7) is 7.35. The fraction of sp³-hybridized carbons (Fsp3) is 0.632. The highest BCUT2D eigenvalue weighted by molar-refractivity contribution is 14.0. The van der Waals surface area contributed by atoms with Gasteiger partial charge < -0.3 is 15.4 Å². The molecule has 1 aromatic carbocycles. The number of aliphatic imine (C=N–C) groups is 1. The number of rotatable bonds is 6. The third kappa shape index (κ3) is 6.35. The first kappa shape index (κ1) is 21.4. The number of halogens is 2. The molecule has 0 spiro atoms. The van der Waals surface area contributed by atoms with E-state index in [0.29, 0.717) is 12.6 Å². The van der Waals surface area contributed by atoms with Gasteiger partial charge in [-0.15, -0.1) is 24.0 Å². The molecule has 2 fully saturated rings. The average Bonchev–Trinajstić information content (AvgIpc) is 3.09. The van der Waals surface area contributed by atoms with Gasteiger partial charge in [0, 0.05) is 25.7 Å². The molecule has 5 nitrogen and oxygen atoms in total. The molecular formula is C19H30FIN4O. The van der Waals surface area contributed by atoms with Crippen molar-refractivity contribution in [3.8, 4) is 0 Å². The van der Waals surface area contributed by atoms with Gasteiger partial charge in [-0.25, -0.2) is 4.39 Å². The van der Waals surface area contributed by atoms with E-state index in [4.69, 9.17) is 4.74 Å².